The zero-order valence-electron chi connectivity index (χ0n) is 13.8. The van der Waals surface area contributed by atoms with Gasteiger partial charge >= 0.3 is 0 Å². The summed E-state index contributed by atoms with van der Waals surface area (Å²) in [7, 11) is 1.66. The Hall–Kier alpha value is -2.07. The molecule has 0 amide bonds. The maximum atomic E-state index is 13.0. The molecule has 2 rings (SSSR count). The van der Waals surface area contributed by atoms with E-state index < -0.39 is 0 Å². The van der Waals surface area contributed by atoms with Crippen molar-refractivity contribution in [1.82, 2.24) is 0 Å². The average Bonchev–Trinajstić information content (AvgIpc) is 2.55. The number of benzene rings is 2. The van der Waals surface area contributed by atoms with E-state index in [0.717, 1.165) is 26.9 Å². The summed E-state index contributed by atoms with van der Waals surface area (Å²) in [6.07, 6.45) is 1.93. The second-order valence-electron chi connectivity index (χ2n) is 5.05. The van der Waals surface area contributed by atoms with Crippen molar-refractivity contribution >= 4 is 22.5 Å². The van der Waals surface area contributed by atoms with Crippen LogP contribution in [-0.4, -0.2) is 12.2 Å². The smallest absolute Gasteiger partial charge is 0.123 e. The van der Waals surface area contributed by atoms with E-state index >= 15 is 0 Å². The highest BCUT2D eigenvalue weighted by Gasteiger charge is 2.06. The molecule has 4 heteroatoms. The van der Waals surface area contributed by atoms with E-state index in [4.69, 9.17) is 4.74 Å². The molecule has 0 bridgehead atoms. The third-order valence-electron chi connectivity index (χ3n) is 3.34. The number of rotatable bonds is 4. The van der Waals surface area contributed by atoms with Crippen molar-refractivity contribution in [3.8, 4) is 5.75 Å². The Morgan fingerprint density at radius 1 is 1.17 bits per heavy atom. The Labute approximate surface area is 141 Å². The lowest BCUT2D eigenvalue weighted by Crippen LogP contribution is -1.91. The minimum atomic E-state index is -0.244. The Kier molecular flexibility index (Phi) is 5.99. The van der Waals surface area contributed by atoms with Gasteiger partial charge in [0.1, 0.15) is 11.6 Å². The molecule has 23 heavy (non-hydrogen) atoms. The number of halogens is 1. The number of aliphatic imine (C=N–C) groups is 1. The summed E-state index contributed by atoms with van der Waals surface area (Å²) < 4.78 is 18.3. The molecule has 0 saturated heterocycles. The summed E-state index contributed by atoms with van der Waals surface area (Å²) in [6.45, 7) is 5.96. The van der Waals surface area contributed by atoms with Crippen molar-refractivity contribution < 1.29 is 9.13 Å². The van der Waals surface area contributed by atoms with Crippen LogP contribution in [0.3, 0.4) is 0 Å². The summed E-state index contributed by atoms with van der Waals surface area (Å²) in [4.78, 5) is 5.78. The Morgan fingerprint density at radius 2 is 1.87 bits per heavy atom. The van der Waals surface area contributed by atoms with Gasteiger partial charge in [-0.05, 0) is 68.3 Å². The van der Waals surface area contributed by atoms with Crippen LogP contribution in [0, 0.1) is 12.7 Å². The van der Waals surface area contributed by atoms with E-state index in [1.165, 1.54) is 17.7 Å². The van der Waals surface area contributed by atoms with Crippen molar-refractivity contribution in [3.63, 3.8) is 0 Å². The highest BCUT2D eigenvalue weighted by molar-refractivity contribution is 8.14. The topological polar surface area (TPSA) is 21.6 Å². The Balaban J connectivity index is 2.23. The molecule has 0 spiro atoms. The van der Waals surface area contributed by atoms with Crippen LogP contribution in [0.5, 0.6) is 5.75 Å². The number of methoxy groups -OCH3 is 1. The normalized spacial score (nSPS) is 12.4. The van der Waals surface area contributed by atoms with Crippen molar-refractivity contribution in [2.24, 2.45) is 4.99 Å². The molecule has 0 aliphatic heterocycles. The molecule has 120 valence electrons. The molecule has 0 fully saturated rings. The quantitative estimate of drug-likeness (QED) is 0.407. The van der Waals surface area contributed by atoms with Crippen LogP contribution in [0.25, 0.3) is 5.70 Å². The summed E-state index contributed by atoms with van der Waals surface area (Å²) >= 11 is 1.60. The molecule has 2 aromatic carbocycles. The first-order chi connectivity index (χ1) is 11.0. The lowest BCUT2D eigenvalue weighted by atomic mass is 10.1. The number of allylic oxidation sites excluding steroid dienone is 1. The number of hydrogen-bond acceptors (Lipinski definition) is 3. The van der Waals surface area contributed by atoms with Gasteiger partial charge in [0, 0.05) is 4.90 Å². The van der Waals surface area contributed by atoms with Crippen molar-refractivity contribution in [2.75, 3.05) is 7.11 Å². The molecule has 0 aliphatic rings. The van der Waals surface area contributed by atoms with Gasteiger partial charge in [-0.1, -0.05) is 23.9 Å². The highest BCUT2D eigenvalue weighted by Crippen LogP contribution is 2.29. The zero-order valence-corrected chi connectivity index (χ0v) is 14.6. The monoisotopic (exact) mass is 329 g/mol. The van der Waals surface area contributed by atoms with Crippen LogP contribution in [-0.2, 0) is 0 Å². The minimum Gasteiger partial charge on any atom is -0.497 e. The van der Waals surface area contributed by atoms with Gasteiger partial charge in [-0.3, -0.25) is 0 Å². The molecule has 2 aromatic rings. The third-order valence-corrected chi connectivity index (χ3v) is 4.39. The first kappa shape index (κ1) is 17.3. The standard InChI is InChI=1S/C19H20FNOS/c1-5-18(15-7-9-16(20)10-8-15)21-14(3)23-19-12-17(22-4)11-6-13(19)2/h5-12H,1-4H3/b18-5-,21-14?. The fourth-order valence-electron chi connectivity index (χ4n) is 2.09. The maximum Gasteiger partial charge on any atom is 0.123 e. The van der Waals surface area contributed by atoms with Crippen LogP contribution in [0.1, 0.15) is 25.0 Å². The first-order valence-electron chi connectivity index (χ1n) is 7.33. The summed E-state index contributed by atoms with van der Waals surface area (Å²) in [5.41, 5.74) is 2.90. The summed E-state index contributed by atoms with van der Waals surface area (Å²) in [6, 6.07) is 12.4. The molecule has 0 N–H and O–H groups in total. The van der Waals surface area contributed by atoms with Gasteiger partial charge in [-0.25, -0.2) is 9.38 Å². The van der Waals surface area contributed by atoms with Crippen molar-refractivity contribution in [2.45, 2.75) is 25.7 Å². The predicted octanol–water partition coefficient (Wildman–Crippen LogP) is 5.71. The van der Waals surface area contributed by atoms with E-state index in [-0.39, 0.29) is 5.82 Å². The van der Waals surface area contributed by atoms with Gasteiger partial charge in [0.25, 0.3) is 0 Å². The van der Waals surface area contributed by atoms with Gasteiger partial charge in [-0.2, -0.15) is 0 Å². The fraction of sp³-hybridized carbons (Fsp3) is 0.211. The maximum absolute atomic E-state index is 13.0. The second-order valence-corrected chi connectivity index (χ2v) is 6.28. The van der Waals surface area contributed by atoms with Crippen molar-refractivity contribution in [1.29, 1.82) is 0 Å². The average molecular weight is 329 g/mol. The highest BCUT2D eigenvalue weighted by atomic mass is 32.2. The molecular weight excluding hydrogens is 309 g/mol. The SMILES string of the molecule is C/C=C(\N=C(C)Sc1cc(OC)ccc1C)c1ccc(F)cc1. The van der Waals surface area contributed by atoms with Crippen LogP contribution < -0.4 is 4.74 Å². The van der Waals surface area contributed by atoms with Gasteiger partial charge in [-0.15, -0.1) is 0 Å². The minimum absolute atomic E-state index is 0.244. The van der Waals surface area contributed by atoms with E-state index in [2.05, 4.69) is 11.9 Å². The van der Waals surface area contributed by atoms with Gasteiger partial charge in [0.2, 0.25) is 0 Å². The molecule has 0 aromatic heterocycles. The summed E-state index contributed by atoms with van der Waals surface area (Å²) in [5.74, 6) is 0.585. The van der Waals surface area contributed by atoms with E-state index in [9.17, 15) is 4.39 Å². The molecule has 2 nitrogen and oxygen atoms in total. The number of ether oxygens (including phenoxy) is 1. The lowest BCUT2D eigenvalue weighted by molar-refractivity contribution is 0.413. The molecule has 0 saturated carbocycles. The van der Waals surface area contributed by atoms with Crippen molar-refractivity contribution in [3.05, 3.63) is 65.5 Å². The van der Waals surface area contributed by atoms with E-state index in [1.807, 2.05) is 38.1 Å². The largest absolute Gasteiger partial charge is 0.497 e. The number of thioether (sulfide) groups is 1. The zero-order chi connectivity index (χ0) is 16.8. The molecule has 0 radical (unpaired) electrons. The first-order valence-corrected chi connectivity index (χ1v) is 8.15. The Morgan fingerprint density at radius 3 is 2.48 bits per heavy atom. The number of nitrogens with zero attached hydrogens (tertiary/aromatic N) is 1. The van der Waals surface area contributed by atoms with Crippen LogP contribution in [0.2, 0.25) is 0 Å². The Bertz CT molecular complexity index is 736. The number of aryl methyl sites for hydroxylation is 1. The predicted molar refractivity (Wildman–Crippen MR) is 96.7 cm³/mol. The third kappa shape index (κ3) is 4.70. The van der Waals surface area contributed by atoms with Gasteiger partial charge < -0.3 is 4.74 Å². The van der Waals surface area contributed by atoms with Crippen LogP contribution in [0.15, 0.2) is 58.4 Å². The number of hydrogen-bond donors (Lipinski definition) is 0. The second kappa shape index (κ2) is 7.97. The van der Waals surface area contributed by atoms with E-state index in [1.54, 1.807) is 31.0 Å². The molecular formula is C19H20FNOS. The van der Waals surface area contributed by atoms with E-state index in [0.29, 0.717) is 0 Å². The molecule has 0 aliphatic carbocycles. The van der Waals surface area contributed by atoms with Gasteiger partial charge in [0.05, 0.1) is 17.9 Å². The fourth-order valence-corrected chi connectivity index (χ4v) is 2.95. The lowest BCUT2D eigenvalue weighted by Gasteiger charge is -2.09. The molecule has 0 atom stereocenters. The van der Waals surface area contributed by atoms with Gasteiger partial charge in [0.15, 0.2) is 0 Å². The van der Waals surface area contributed by atoms with Crippen LogP contribution >= 0.6 is 11.8 Å². The van der Waals surface area contributed by atoms with Crippen LogP contribution in [0.4, 0.5) is 4.39 Å². The summed E-state index contributed by atoms with van der Waals surface area (Å²) in [5, 5.41) is 0.916. The molecule has 0 unspecified atom stereocenters. The molecule has 0 heterocycles.